The zero-order valence-electron chi connectivity index (χ0n) is 11.6. The number of nitrogens with zero attached hydrogens (tertiary/aromatic N) is 1. The molecule has 2 aromatic rings. The average molecular weight is 289 g/mol. The lowest BCUT2D eigenvalue weighted by molar-refractivity contribution is 0.0924. The highest BCUT2D eigenvalue weighted by Crippen LogP contribution is 2.33. The number of hydrogen-bond acceptors (Lipinski definition) is 3. The first kappa shape index (κ1) is 13.7. The van der Waals surface area contributed by atoms with Crippen LogP contribution in [0.5, 0.6) is 0 Å². The summed E-state index contributed by atoms with van der Waals surface area (Å²) < 4.78 is 13.6. The van der Waals surface area contributed by atoms with Crippen molar-refractivity contribution in [2.75, 3.05) is 0 Å². The van der Waals surface area contributed by atoms with E-state index in [-0.39, 0.29) is 22.6 Å². The number of nitrogens with one attached hydrogen (secondary N) is 2. The number of carbonyl (C=O) groups excluding carboxylic acids is 1. The number of amides is 1. The molecule has 1 saturated carbocycles. The summed E-state index contributed by atoms with van der Waals surface area (Å²) in [6, 6.07) is 4.23. The molecule has 1 amide bonds. The zero-order valence-corrected chi connectivity index (χ0v) is 11.6. The fourth-order valence-corrected chi connectivity index (χ4v) is 2.56. The van der Waals surface area contributed by atoms with Crippen molar-refractivity contribution in [3.63, 3.8) is 0 Å². The van der Waals surface area contributed by atoms with Gasteiger partial charge in [-0.3, -0.25) is 14.7 Å². The Morgan fingerprint density at radius 2 is 2.29 bits per heavy atom. The van der Waals surface area contributed by atoms with Crippen LogP contribution >= 0.6 is 0 Å². The molecule has 1 heterocycles. The quantitative estimate of drug-likeness (QED) is 0.903. The minimum Gasteiger partial charge on any atom is -0.348 e. The van der Waals surface area contributed by atoms with Gasteiger partial charge in [0.2, 0.25) is 5.43 Å². The molecular formula is C15H16FN3O2. The molecule has 2 N–H and O–H groups in total. The summed E-state index contributed by atoms with van der Waals surface area (Å²) in [5, 5.41) is 9.19. The maximum atomic E-state index is 13.6. The molecule has 0 aliphatic heterocycles. The number of H-pyrrole nitrogens is 1. The Morgan fingerprint density at radius 3 is 2.95 bits per heavy atom. The highest BCUT2D eigenvalue weighted by molar-refractivity contribution is 5.95. The van der Waals surface area contributed by atoms with Crippen molar-refractivity contribution in [2.45, 2.75) is 32.2 Å². The third-order valence-electron chi connectivity index (χ3n) is 3.92. The molecule has 1 atom stereocenters. The van der Waals surface area contributed by atoms with Gasteiger partial charge in [-0.15, -0.1) is 0 Å². The van der Waals surface area contributed by atoms with E-state index >= 15 is 0 Å². The number of aromatic nitrogens is 2. The predicted molar refractivity (Wildman–Crippen MR) is 76.6 cm³/mol. The summed E-state index contributed by atoms with van der Waals surface area (Å²) in [5.41, 5.74) is -0.744. The Hall–Kier alpha value is -2.24. The second-order valence-corrected chi connectivity index (χ2v) is 5.39. The van der Waals surface area contributed by atoms with Crippen LogP contribution in [0.1, 0.15) is 36.7 Å². The number of para-hydroxylation sites is 1. The standard InChI is InChI=1S/C15H16FN3O2/c1-2-11(8-6-7-8)17-15(21)13-14(20)9-4-3-5-10(16)12(9)18-19-13/h3-5,8,11H,2,6-7H2,1H3,(H,17,21)(H,18,20). The molecule has 21 heavy (non-hydrogen) atoms. The molecule has 3 rings (SSSR count). The van der Waals surface area contributed by atoms with Crippen LogP contribution in [0.3, 0.4) is 0 Å². The molecule has 0 spiro atoms. The maximum absolute atomic E-state index is 13.6. The van der Waals surface area contributed by atoms with E-state index in [1.807, 2.05) is 6.92 Å². The molecule has 5 nitrogen and oxygen atoms in total. The van der Waals surface area contributed by atoms with Gasteiger partial charge in [-0.05, 0) is 37.3 Å². The third-order valence-corrected chi connectivity index (χ3v) is 3.92. The van der Waals surface area contributed by atoms with E-state index in [0.717, 1.165) is 19.3 Å². The van der Waals surface area contributed by atoms with Crippen molar-refractivity contribution >= 4 is 16.8 Å². The molecule has 0 saturated heterocycles. The number of benzene rings is 1. The van der Waals surface area contributed by atoms with Crippen molar-refractivity contribution in [3.8, 4) is 0 Å². The van der Waals surface area contributed by atoms with Gasteiger partial charge in [0, 0.05) is 6.04 Å². The fourth-order valence-electron chi connectivity index (χ4n) is 2.56. The van der Waals surface area contributed by atoms with Gasteiger partial charge in [0.15, 0.2) is 5.69 Å². The van der Waals surface area contributed by atoms with Gasteiger partial charge in [0.25, 0.3) is 5.91 Å². The van der Waals surface area contributed by atoms with Gasteiger partial charge in [0.05, 0.1) is 5.39 Å². The van der Waals surface area contributed by atoms with Crippen molar-refractivity contribution in [2.24, 2.45) is 5.92 Å². The average Bonchev–Trinajstić information content (AvgIpc) is 3.30. The summed E-state index contributed by atoms with van der Waals surface area (Å²) in [6.07, 6.45) is 3.02. The first-order valence-electron chi connectivity index (χ1n) is 7.09. The van der Waals surface area contributed by atoms with Gasteiger partial charge in [-0.2, -0.15) is 5.10 Å². The van der Waals surface area contributed by atoms with E-state index in [2.05, 4.69) is 15.5 Å². The second kappa shape index (κ2) is 5.27. The van der Waals surface area contributed by atoms with Crippen molar-refractivity contribution in [3.05, 3.63) is 39.9 Å². The van der Waals surface area contributed by atoms with E-state index in [1.54, 1.807) is 0 Å². The SMILES string of the molecule is CCC(NC(=O)c1n[nH]c2c(F)cccc2c1=O)C1CC1. The first-order valence-corrected chi connectivity index (χ1v) is 7.09. The van der Waals surface area contributed by atoms with Crippen molar-refractivity contribution < 1.29 is 9.18 Å². The number of halogens is 1. The largest absolute Gasteiger partial charge is 0.348 e. The van der Waals surface area contributed by atoms with Crippen LogP contribution < -0.4 is 10.7 Å². The second-order valence-electron chi connectivity index (χ2n) is 5.39. The number of aromatic amines is 1. The van der Waals surface area contributed by atoms with Gasteiger partial charge in [0.1, 0.15) is 11.3 Å². The van der Waals surface area contributed by atoms with Crippen LogP contribution in [-0.4, -0.2) is 22.1 Å². The van der Waals surface area contributed by atoms with Gasteiger partial charge >= 0.3 is 0 Å². The third kappa shape index (κ3) is 2.53. The highest BCUT2D eigenvalue weighted by Gasteiger charge is 2.31. The van der Waals surface area contributed by atoms with Crippen LogP contribution in [0.4, 0.5) is 4.39 Å². The minimum atomic E-state index is -0.562. The molecule has 1 fully saturated rings. The lowest BCUT2D eigenvalue weighted by Crippen LogP contribution is -2.39. The Labute approximate surface area is 120 Å². The fraction of sp³-hybridized carbons (Fsp3) is 0.400. The molecule has 6 heteroatoms. The van der Waals surface area contributed by atoms with Gasteiger partial charge in [-0.25, -0.2) is 4.39 Å². The summed E-state index contributed by atoms with van der Waals surface area (Å²) >= 11 is 0. The number of rotatable bonds is 4. The Kier molecular flexibility index (Phi) is 3.45. The summed E-state index contributed by atoms with van der Waals surface area (Å²) in [7, 11) is 0. The lowest BCUT2D eigenvalue weighted by Gasteiger charge is -2.15. The normalized spacial score (nSPS) is 15.9. The molecule has 1 unspecified atom stereocenters. The highest BCUT2D eigenvalue weighted by atomic mass is 19.1. The monoisotopic (exact) mass is 289 g/mol. The molecule has 0 bridgehead atoms. The predicted octanol–water partition coefficient (Wildman–Crippen LogP) is 1.98. The molecule has 1 aromatic carbocycles. The van der Waals surface area contributed by atoms with Crippen LogP contribution in [0.15, 0.2) is 23.0 Å². The maximum Gasteiger partial charge on any atom is 0.276 e. The van der Waals surface area contributed by atoms with Crippen molar-refractivity contribution in [1.82, 2.24) is 15.5 Å². The van der Waals surface area contributed by atoms with Crippen LogP contribution in [0.25, 0.3) is 10.9 Å². The van der Waals surface area contributed by atoms with Crippen LogP contribution in [-0.2, 0) is 0 Å². The minimum absolute atomic E-state index is 0.0216. The summed E-state index contributed by atoms with van der Waals surface area (Å²) in [4.78, 5) is 24.5. The van der Waals surface area contributed by atoms with Crippen molar-refractivity contribution in [1.29, 1.82) is 0 Å². The zero-order chi connectivity index (χ0) is 15.0. The van der Waals surface area contributed by atoms with E-state index in [9.17, 15) is 14.0 Å². The Morgan fingerprint density at radius 1 is 1.52 bits per heavy atom. The van der Waals surface area contributed by atoms with E-state index in [4.69, 9.17) is 0 Å². The smallest absolute Gasteiger partial charge is 0.276 e. The number of hydrogen-bond donors (Lipinski definition) is 2. The molecule has 1 aromatic heterocycles. The van der Waals surface area contributed by atoms with E-state index in [1.165, 1.54) is 18.2 Å². The van der Waals surface area contributed by atoms with Gasteiger partial charge in [-0.1, -0.05) is 13.0 Å². The van der Waals surface area contributed by atoms with E-state index < -0.39 is 17.2 Å². The first-order chi connectivity index (χ1) is 10.1. The topological polar surface area (TPSA) is 74.8 Å². The van der Waals surface area contributed by atoms with Crippen LogP contribution in [0.2, 0.25) is 0 Å². The Bertz CT molecular complexity index is 752. The molecular weight excluding hydrogens is 273 g/mol. The number of fused-ring (bicyclic) bond motifs is 1. The van der Waals surface area contributed by atoms with Crippen LogP contribution in [0, 0.1) is 11.7 Å². The number of carbonyl (C=O) groups is 1. The molecule has 1 aliphatic carbocycles. The molecule has 110 valence electrons. The van der Waals surface area contributed by atoms with Gasteiger partial charge < -0.3 is 5.32 Å². The molecule has 0 radical (unpaired) electrons. The van der Waals surface area contributed by atoms with E-state index in [0.29, 0.717) is 5.92 Å². The summed E-state index contributed by atoms with van der Waals surface area (Å²) in [6.45, 7) is 2.00. The lowest BCUT2D eigenvalue weighted by atomic mass is 10.1. The Balaban J connectivity index is 1.95. The molecule has 1 aliphatic rings. The summed E-state index contributed by atoms with van der Waals surface area (Å²) in [5.74, 6) is -0.564.